The fourth-order valence-electron chi connectivity index (χ4n) is 3.74. The Morgan fingerprint density at radius 2 is 1.73 bits per heavy atom. The van der Waals surface area contributed by atoms with Gasteiger partial charge in [0.05, 0.1) is 5.60 Å². The average molecular weight is 208 g/mol. The molecule has 0 radical (unpaired) electrons. The van der Waals surface area contributed by atoms with Gasteiger partial charge in [0.1, 0.15) is 0 Å². The van der Waals surface area contributed by atoms with Gasteiger partial charge in [0.25, 0.3) is 0 Å². The summed E-state index contributed by atoms with van der Waals surface area (Å²) in [5.74, 6) is 1.31. The Morgan fingerprint density at radius 3 is 2.33 bits per heavy atom. The lowest BCUT2D eigenvalue weighted by molar-refractivity contribution is -0.0866. The van der Waals surface area contributed by atoms with E-state index in [1.165, 1.54) is 31.3 Å². The van der Waals surface area contributed by atoms with E-state index in [9.17, 15) is 0 Å². The number of hydrogen-bond donors (Lipinski definition) is 0. The maximum Gasteiger partial charge on any atom is 0.0715 e. The quantitative estimate of drug-likeness (QED) is 0.596. The van der Waals surface area contributed by atoms with Crippen LogP contribution in [-0.2, 0) is 4.74 Å². The zero-order valence-electron chi connectivity index (χ0n) is 10.6. The zero-order chi connectivity index (χ0) is 11.3. The van der Waals surface area contributed by atoms with Crippen molar-refractivity contribution >= 4 is 0 Å². The number of fused-ring (bicyclic) bond motifs is 2. The molecule has 0 aromatic heterocycles. The summed E-state index contributed by atoms with van der Waals surface area (Å²) in [7, 11) is 1.85. The third kappa shape index (κ3) is 1.56. The van der Waals surface area contributed by atoms with E-state index < -0.39 is 0 Å². The van der Waals surface area contributed by atoms with Crippen LogP contribution in [0.2, 0.25) is 0 Å². The SMILES string of the molecule is C=C1C2CCC(C)(OC)C1CCC2(C)C. The molecular formula is C14H24O. The molecule has 3 unspecified atom stereocenters. The van der Waals surface area contributed by atoms with Crippen molar-refractivity contribution in [2.45, 2.75) is 52.1 Å². The molecule has 2 fully saturated rings. The predicted octanol–water partition coefficient (Wildman–Crippen LogP) is 3.79. The second-order valence-electron chi connectivity index (χ2n) is 6.26. The predicted molar refractivity (Wildman–Crippen MR) is 63.8 cm³/mol. The zero-order valence-corrected chi connectivity index (χ0v) is 10.6. The van der Waals surface area contributed by atoms with Gasteiger partial charge >= 0.3 is 0 Å². The first-order chi connectivity index (χ1) is 6.91. The molecule has 0 aliphatic heterocycles. The van der Waals surface area contributed by atoms with Gasteiger partial charge in [-0.15, -0.1) is 0 Å². The van der Waals surface area contributed by atoms with Crippen molar-refractivity contribution in [1.82, 2.24) is 0 Å². The summed E-state index contributed by atoms with van der Waals surface area (Å²) in [6.07, 6.45) is 5.03. The van der Waals surface area contributed by atoms with E-state index in [1.54, 1.807) is 0 Å². The maximum atomic E-state index is 5.74. The van der Waals surface area contributed by atoms with Crippen molar-refractivity contribution in [2.75, 3.05) is 7.11 Å². The third-order valence-corrected chi connectivity index (χ3v) is 5.05. The Bertz CT molecular complexity index is 279. The molecule has 2 aliphatic rings. The molecule has 2 bridgehead atoms. The third-order valence-electron chi connectivity index (χ3n) is 5.05. The van der Waals surface area contributed by atoms with Crippen LogP contribution in [-0.4, -0.2) is 12.7 Å². The minimum absolute atomic E-state index is 0.0596. The Hall–Kier alpha value is -0.300. The van der Waals surface area contributed by atoms with Crippen molar-refractivity contribution in [1.29, 1.82) is 0 Å². The lowest BCUT2D eigenvalue weighted by Crippen LogP contribution is -2.49. The molecule has 0 aromatic rings. The van der Waals surface area contributed by atoms with Gasteiger partial charge in [-0.3, -0.25) is 0 Å². The summed E-state index contributed by atoms with van der Waals surface area (Å²) in [5.41, 5.74) is 1.98. The van der Waals surface area contributed by atoms with Crippen LogP contribution in [0.1, 0.15) is 46.5 Å². The first-order valence-electron chi connectivity index (χ1n) is 6.14. The fourth-order valence-corrected chi connectivity index (χ4v) is 3.74. The van der Waals surface area contributed by atoms with Crippen molar-refractivity contribution in [3.05, 3.63) is 12.2 Å². The van der Waals surface area contributed by atoms with Crippen LogP contribution in [0, 0.1) is 17.3 Å². The molecular weight excluding hydrogens is 184 g/mol. The highest BCUT2D eigenvalue weighted by atomic mass is 16.5. The normalized spacial score (nSPS) is 44.1. The van der Waals surface area contributed by atoms with Crippen LogP contribution in [0.15, 0.2) is 12.2 Å². The topological polar surface area (TPSA) is 9.23 Å². The largest absolute Gasteiger partial charge is 0.378 e. The molecule has 2 rings (SSSR count). The molecule has 2 saturated carbocycles. The summed E-state index contributed by atoms with van der Waals surface area (Å²) >= 11 is 0. The number of methoxy groups -OCH3 is 1. The highest BCUT2D eigenvalue weighted by Crippen LogP contribution is 2.56. The molecule has 86 valence electrons. The van der Waals surface area contributed by atoms with Gasteiger partial charge in [-0.25, -0.2) is 0 Å². The first kappa shape index (κ1) is 11.2. The minimum Gasteiger partial charge on any atom is -0.378 e. The lowest BCUT2D eigenvalue weighted by Gasteiger charge is -2.54. The summed E-state index contributed by atoms with van der Waals surface area (Å²) < 4.78 is 5.74. The van der Waals surface area contributed by atoms with E-state index >= 15 is 0 Å². The van der Waals surface area contributed by atoms with Crippen molar-refractivity contribution in [3.63, 3.8) is 0 Å². The number of rotatable bonds is 1. The van der Waals surface area contributed by atoms with Crippen LogP contribution in [0.5, 0.6) is 0 Å². The van der Waals surface area contributed by atoms with Gasteiger partial charge in [0, 0.05) is 13.0 Å². The van der Waals surface area contributed by atoms with Gasteiger partial charge in [0.2, 0.25) is 0 Å². The molecule has 0 aromatic carbocycles. The van der Waals surface area contributed by atoms with E-state index in [0.29, 0.717) is 11.3 Å². The van der Waals surface area contributed by atoms with Crippen LogP contribution >= 0.6 is 0 Å². The van der Waals surface area contributed by atoms with Gasteiger partial charge in [-0.05, 0) is 43.9 Å². The Kier molecular flexibility index (Phi) is 2.50. The van der Waals surface area contributed by atoms with E-state index in [2.05, 4.69) is 27.4 Å². The van der Waals surface area contributed by atoms with Crippen LogP contribution in [0.3, 0.4) is 0 Å². The number of hydrogen-bond acceptors (Lipinski definition) is 1. The summed E-state index contributed by atoms with van der Waals surface area (Å²) in [5, 5.41) is 0. The van der Waals surface area contributed by atoms with Gasteiger partial charge in [-0.1, -0.05) is 26.0 Å². The standard InChI is InChI=1S/C14H24O/c1-10-11-7-9-14(4,15-5)12(10)6-8-13(11,2)3/h11-12H,1,6-9H2,2-5H3. The molecule has 0 saturated heterocycles. The second kappa shape index (κ2) is 3.35. The van der Waals surface area contributed by atoms with E-state index in [4.69, 9.17) is 4.74 Å². The summed E-state index contributed by atoms with van der Waals surface area (Å²) in [6, 6.07) is 0. The van der Waals surface area contributed by atoms with E-state index in [-0.39, 0.29) is 5.60 Å². The van der Waals surface area contributed by atoms with Crippen LogP contribution < -0.4 is 0 Å². The summed E-state index contributed by atoms with van der Waals surface area (Å²) in [4.78, 5) is 0. The molecule has 0 N–H and O–H groups in total. The van der Waals surface area contributed by atoms with Crippen LogP contribution in [0.4, 0.5) is 0 Å². The van der Waals surface area contributed by atoms with E-state index in [1.807, 2.05) is 7.11 Å². The highest BCUT2D eigenvalue weighted by Gasteiger charge is 2.50. The molecule has 3 atom stereocenters. The molecule has 0 amide bonds. The Morgan fingerprint density at radius 1 is 1.13 bits per heavy atom. The molecule has 0 spiro atoms. The average Bonchev–Trinajstić information content (AvgIpc) is 2.15. The first-order valence-corrected chi connectivity index (χ1v) is 6.14. The van der Waals surface area contributed by atoms with Gasteiger partial charge < -0.3 is 4.74 Å². The molecule has 1 heteroatoms. The monoisotopic (exact) mass is 208 g/mol. The summed E-state index contributed by atoms with van der Waals surface area (Å²) in [6.45, 7) is 11.4. The van der Waals surface area contributed by atoms with Crippen molar-refractivity contribution < 1.29 is 4.74 Å². The lowest BCUT2D eigenvalue weighted by atomic mass is 9.54. The van der Waals surface area contributed by atoms with Gasteiger partial charge in [-0.2, -0.15) is 0 Å². The minimum atomic E-state index is 0.0596. The Balaban J connectivity index is 2.28. The second-order valence-corrected chi connectivity index (χ2v) is 6.26. The van der Waals surface area contributed by atoms with Gasteiger partial charge in [0.15, 0.2) is 0 Å². The molecule has 2 aliphatic carbocycles. The smallest absolute Gasteiger partial charge is 0.0715 e. The Labute approximate surface area is 93.9 Å². The van der Waals surface area contributed by atoms with Crippen molar-refractivity contribution in [3.8, 4) is 0 Å². The molecule has 0 heterocycles. The molecule has 15 heavy (non-hydrogen) atoms. The highest BCUT2D eigenvalue weighted by molar-refractivity contribution is 5.21. The maximum absolute atomic E-state index is 5.74. The van der Waals surface area contributed by atoms with Crippen LogP contribution in [0.25, 0.3) is 0 Å². The fraction of sp³-hybridized carbons (Fsp3) is 0.857. The number of ether oxygens (including phenoxy) is 1. The van der Waals surface area contributed by atoms with Crippen molar-refractivity contribution in [2.24, 2.45) is 17.3 Å². The van der Waals surface area contributed by atoms with E-state index in [0.717, 1.165) is 5.92 Å². The molecule has 1 nitrogen and oxygen atoms in total.